The van der Waals surface area contributed by atoms with Crippen molar-refractivity contribution >= 4 is 0 Å². The molecule has 0 aromatic heterocycles. The van der Waals surface area contributed by atoms with Crippen LogP contribution in [0.1, 0.15) is 20.3 Å². The van der Waals surface area contributed by atoms with Gasteiger partial charge in [-0.15, -0.1) is 0 Å². The summed E-state index contributed by atoms with van der Waals surface area (Å²) in [5.74, 6) is 0. The Kier molecular flexibility index (Phi) is 4.99. The molecule has 15 heavy (non-hydrogen) atoms. The van der Waals surface area contributed by atoms with Crippen LogP contribution in [0.25, 0.3) is 0 Å². The van der Waals surface area contributed by atoms with E-state index in [1.165, 1.54) is 0 Å². The first-order valence-corrected chi connectivity index (χ1v) is 5.70. The molecule has 0 spiro atoms. The average molecular weight is 216 g/mol. The molecule has 1 rings (SSSR count). The first-order valence-electron chi connectivity index (χ1n) is 5.70. The second kappa shape index (κ2) is 5.80. The fourth-order valence-corrected chi connectivity index (χ4v) is 2.33. The predicted molar refractivity (Wildman–Crippen MR) is 60.9 cm³/mol. The molecule has 0 saturated carbocycles. The van der Waals surface area contributed by atoms with Crippen molar-refractivity contribution < 1.29 is 9.47 Å². The van der Waals surface area contributed by atoms with Crippen molar-refractivity contribution in [3.05, 3.63) is 0 Å². The summed E-state index contributed by atoms with van der Waals surface area (Å²) < 4.78 is 10.6. The van der Waals surface area contributed by atoms with Gasteiger partial charge in [0.15, 0.2) is 0 Å². The van der Waals surface area contributed by atoms with Gasteiger partial charge >= 0.3 is 0 Å². The molecule has 2 N–H and O–H groups in total. The Morgan fingerprint density at radius 1 is 1.53 bits per heavy atom. The van der Waals surface area contributed by atoms with Crippen LogP contribution in [-0.4, -0.2) is 56.5 Å². The summed E-state index contributed by atoms with van der Waals surface area (Å²) in [5.41, 5.74) is 5.95. The summed E-state index contributed by atoms with van der Waals surface area (Å²) in [4.78, 5) is 2.42. The normalized spacial score (nSPS) is 26.8. The Balaban J connectivity index is 2.66. The Bertz CT molecular complexity index is 179. The van der Waals surface area contributed by atoms with Gasteiger partial charge in [0.2, 0.25) is 0 Å². The van der Waals surface area contributed by atoms with E-state index < -0.39 is 0 Å². The Hall–Kier alpha value is -0.160. The summed E-state index contributed by atoms with van der Waals surface area (Å²) in [7, 11) is 1.73. The summed E-state index contributed by atoms with van der Waals surface area (Å²) in [5, 5.41) is 0. The van der Waals surface area contributed by atoms with Crippen LogP contribution in [0.2, 0.25) is 0 Å². The van der Waals surface area contributed by atoms with E-state index in [-0.39, 0.29) is 5.54 Å². The summed E-state index contributed by atoms with van der Waals surface area (Å²) in [6.07, 6.45) is 1.03. The van der Waals surface area contributed by atoms with E-state index in [4.69, 9.17) is 15.2 Å². The molecule has 1 unspecified atom stereocenters. The highest BCUT2D eigenvalue weighted by molar-refractivity contribution is 4.96. The maximum absolute atomic E-state index is 5.92. The van der Waals surface area contributed by atoms with Gasteiger partial charge in [-0.25, -0.2) is 0 Å². The van der Waals surface area contributed by atoms with Gasteiger partial charge in [-0.05, 0) is 20.3 Å². The van der Waals surface area contributed by atoms with Crippen LogP contribution >= 0.6 is 0 Å². The van der Waals surface area contributed by atoms with Gasteiger partial charge in [-0.2, -0.15) is 0 Å². The Morgan fingerprint density at radius 2 is 2.27 bits per heavy atom. The second-order valence-corrected chi connectivity index (χ2v) is 4.51. The van der Waals surface area contributed by atoms with Gasteiger partial charge in [0.25, 0.3) is 0 Å². The number of nitrogens with two attached hydrogens (primary N) is 1. The molecule has 0 amide bonds. The fraction of sp³-hybridized carbons (Fsp3) is 1.00. The van der Waals surface area contributed by atoms with Crippen LogP contribution in [-0.2, 0) is 9.47 Å². The monoisotopic (exact) mass is 216 g/mol. The van der Waals surface area contributed by atoms with Crippen LogP contribution in [0, 0.1) is 0 Å². The van der Waals surface area contributed by atoms with Gasteiger partial charge in [0.05, 0.1) is 18.8 Å². The summed E-state index contributed by atoms with van der Waals surface area (Å²) in [6.45, 7) is 8.32. The smallest absolute Gasteiger partial charge is 0.0663 e. The zero-order valence-corrected chi connectivity index (χ0v) is 10.2. The minimum absolute atomic E-state index is 0.0344. The van der Waals surface area contributed by atoms with Gasteiger partial charge in [-0.3, -0.25) is 4.90 Å². The number of hydrogen-bond acceptors (Lipinski definition) is 4. The zero-order valence-electron chi connectivity index (χ0n) is 10.2. The van der Waals surface area contributed by atoms with E-state index in [9.17, 15) is 0 Å². The molecule has 0 aromatic rings. The molecule has 0 bridgehead atoms. The number of nitrogens with zero attached hydrogens (tertiary/aromatic N) is 1. The molecule has 4 nitrogen and oxygen atoms in total. The third-order valence-electron chi connectivity index (χ3n) is 3.23. The molecule has 90 valence electrons. The highest BCUT2D eigenvalue weighted by atomic mass is 16.5. The quantitative estimate of drug-likeness (QED) is 0.701. The third-order valence-corrected chi connectivity index (χ3v) is 3.23. The molecule has 1 atom stereocenters. The largest absolute Gasteiger partial charge is 0.383 e. The van der Waals surface area contributed by atoms with E-state index in [0.717, 1.165) is 32.8 Å². The number of methoxy groups -OCH3 is 1. The molecule has 1 aliphatic heterocycles. The molecule has 0 radical (unpaired) electrons. The SMILES string of the molecule is COCCN(C(C)C)C1(CN)CCOC1. The lowest BCUT2D eigenvalue weighted by molar-refractivity contribution is 0.0253. The van der Waals surface area contributed by atoms with E-state index in [2.05, 4.69) is 18.7 Å². The maximum atomic E-state index is 5.92. The van der Waals surface area contributed by atoms with Crippen molar-refractivity contribution in [2.75, 3.05) is 40.0 Å². The Labute approximate surface area is 92.7 Å². The topological polar surface area (TPSA) is 47.7 Å². The number of hydrogen-bond donors (Lipinski definition) is 1. The molecule has 1 saturated heterocycles. The maximum Gasteiger partial charge on any atom is 0.0663 e. The summed E-state index contributed by atoms with van der Waals surface area (Å²) >= 11 is 0. The average Bonchev–Trinajstić information content (AvgIpc) is 2.68. The van der Waals surface area contributed by atoms with Crippen LogP contribution < -0.4 is 5.73 Å². The molecular formula is C11H24N2O2. The predicted octanol–water partition coefficient (Wildman–Crippen LogP) is 0.461. The number of rotatable bonds is 6. The lowest BCUT2D eigenvalue weighted by Crippen LogP contribution is -2.58. The first-order chi connectivity index (χ1) is 7.16. The lowest BCUT2D eigenvalue weighted by Gasteiger charge is -2.42. The van der Waals surface area contributed by atoms with E-state index in [0.29, 0.717) is 12.6 Å². The standard InChI is InChI=1S/C11H24N2O2/c1-10(2)13(5-7-14-3)11(8-12)4-6-15-9-11/h10H,4-9,12H2,1-3H3. The highest BCUT2D eigenvalue weighted by Crippen LogP contribution is 2.26. The van der Waals surface area contributed by atoms with Crippen LogP contribution in [0.5, 0.6) is 0 Å². The molecule has 4 heteroatoms. The zero-order chi connectivity index (χ0) is 11.3. The minimum Gasteiger partial charge on any atom is -0.383 e. The van der Waals surface area contributed by atoms with E-state index in [1.807, 2.05) is 0 Å². The molecule has 1 aliphatic rings. The second-order valence-electron chi connectivity index (χ2n) is 4.51. The van der Waals surface area contributed by atoms with Crippen molar-refractivity contribution in [2.24, 2.45) is 5.73 Å². The minimum atomic E-state index is 0.0344. The molecule has 1 heterocycles. The molecular weight excluding hydrogens is 192 g/mol. The fourth-order valence-electron chi connectivity index (χ4n) is 2.33. The van der Waals surface area contributed by atoms with Gasteiger partial charge in [-0.1, -0.05) is 0 Å². The van der Waals surface area contributed by atoms with E-state index >= 15 is 0 Å². The van der Waals surface area contributed by atoms with Crippen LogP contribution in [0.3, 0.4) is 0 Å². The van der Waals surface area contributed by atoms with Gasteiger partial charge < -0.3 is 15.2 Å². The third kappa shape index (κ3) is 2.91. The summed E-state index contributed by atoms with van der Waals surface area (Å²) in [6, 6.07) is 0.477. The first kappa shape index (κ1) is 12.9. The molecule has 0 aromatic carbocycles. The van der Waals surface area contributed by atoms with Crippen molar-refractivity contribution in [3.8, 4) is 0 Å². The van der Waals surface area contributed by atoms with Crippen molar-refractivity contribution in [2.45, 2.75) is 31.8 Å². The highest BCUT2D eigenvalue weighted by Gasteiger charge is 2.40. The van der Waals surface area contributed by atoms with Crippen molar-refractivity contribution in [3.63, 3.8) is 0 Å². The van der Waals surface area contributed by atoms with Crippen LogP contribution in [0.4, 0.5) is 0 Å². The van der Waals surface area contributed by atoms with Crippen molar-refractivity contribution in [1.29, 1.82) is 0 Å². The molecule has 1 fully saturated rings. The van der Waals surface area contributed by atoms with Crippen molar-refractivity contribution in [1.82, 2.24) is 4.90 Å². The van der Waals surface area contributed by atoms with E-state index in [1.54, 1.807) is 7.11 Å². The molecule has 0 aliphatic carbocycles. The van der Waals surface area contributed by atoms with Gasteiger partial charge in [0, 0.05) is 32.8 Å². The Morgan fingerprint density at radius 3 is 2.67 bits per heavy atom. The lowest BCUT2D eigenvalue weighted by atomic mass is 9.94. The number of ether oxygens (including phenoxy) is 2. The van der Waals surface area contributed by atoms with Gasteiger partial charge in [0.1, 0.15) is 0 Å². The van der Waals surface area contributed by atoms with Crippen LogP contribution in [0.15, 0.2) is 0 Å².